The van der Waals surface area contributed by atoms with Crippen LogP contribution in [0.4, 0.5) is 10.9 Å². The van der Waals surface area contributed by atoms with Crippen molar-refractivity contribution in [3.63, 3.8) is 0 Å². The van der Waals surface area contributed by atoms with Crippen LogP contribution in [0, 0.1) is 6.92 Å². The lowest BCUT2D eigenvalue weighted by Crippen LogP contribution is -2.59. The van der Waals surface area contributed by atoms with Crippen LogP contribution in [0.3, 0.4) is 0 Å². The third-order valence-corrected chi connectivity index (χ3v) is 4.57. The van der Waals surface area contributed by atoms with Crippen LogP contribution in [0.1, 0.15) is 5.82 Å². The SMILES string of the molecule is Cc1nnc2ccc(N3CC(N(C)c4nncs4)C3)nn12. The van der Waals surface area contributed by atoms with Gasteiger partial charge >= 0.3 is 0 Å². The fourth-order valence-corrected chi connectivity index (χ4v) is 3.02. The molecule has 1 saturated heterocycles. The molecule has 21 heavy (non-hydrogen) atoms. The third kappa shape index (κ3) is 2.00. The first-order valence-corrected chi connectivity index (χ1v) is 7.53. The van der Waals surface area contributed by atoms with E-state index in [4.69, 9.17) is 0 Å². The van der Waals surface area contributed by atoms with Crippen molar-refractivity contribution in [2.45, 2.75) is 13.0 Å². The Balaban J connectivity index is 1.50. The Hall–Kier alpha value is -2.29. The number of rotatable bonds is 3. The number of fused-ring (bicyclic) bond motifs is 1. The van der Waals surface area contributed by atoms with Gasteiger partial charge in [-0.1, -0.05) is 11.3 Å². The molecule has 0 aromatic carbocycles. The summed E-state index contributed by atoms with van der Waals surface area (Å²) in [6.07, 6.45) is 0. The van der Waals surface area contributed by atoms with E-state index in [0.717, 1.165) is 35.5 Å². The second kappa shape index (κ2) is 4.62. The average molecular weight is 302 g/mol. The smallest absolute Gasteiger partial charge is 0.208 e. The monoisotopic (exact) mass is 302 g/mol. The van der Waals surface area contributed by atoms with E-state index in [-0.39, 0.29) is 0 Å². The molecule has 0 aliphatic carbocycles. The number of aromatic nitrogens is 6. The van der Waals surface area contributed by atoms with Gasteiger partial charge in [0.15, 0.2) is 11.5 Å². The fourth-order valence-electron chi connectivity index (χ4n) is 2.42. The van der Waals surface area contributed by atoms with Crippen LogP contribution in [0.2, 0.25) is 0 Å². The van der Waals surface area contributed by atoms with Crippen molar-refractivity contribution in [3.05, 3.63) is 23.5 Å². The standard InChI is InChI=1S/C12H14N8S/c1-8-14-15-10-3-4-11(17-20(8)10)19-5-9(6-19)18(2)12-16-13-7-21-12/h3-4,7,9H,5-6H2,1-2H3. The number of likely N-dealkylation sites (N-methyl/N-ethyl adjacent to an activating group) is 1. The topological polar surface area (TPSA) is 75.3 Å². The predicted molar refractivity (Wildman–Crippen MR) is 79.8 cm³/mol. The van der Waals surface area contributed by atoms with Crippen LogP contribution in [-0.2, 0) is 0 Å². The van der Waals surface area contributed by atoms with Crippen molar-refractivity contribution in [1.29, 1.82) is 0 Å². The van der Waals surface area contributed by atoms with E-state index in [1.165, 1.54) is 0 Å². The van der Waals surface area contributed by atoms with Crippen LogP contribution < -0.4 is 9.80 Å². The summed E-state index contributed by atoms with van der Waals surface area (Å²) in [6, 6.07) is 4.38. The molecule has 0 spiro atoms. The summed E-state index contributed by atoms with van der Waals surface area (Å²) < 4.78 is 1.77. The summed E-state index contributed by atoms with van der Waals surface area (Å²) in [4.78, 5) is 4.41. The van der Waals surface area contributed by atoms with E-state index in [1.807, 2.05) is 19.1 Å². The number of anilines is 2. The molecule has 3 aromatic heterocycles. The lowest BCUT2D eigenvalue weighted by Gasteiger charge is -2.44. The third-order valence-electron chi connectivity index (χ3n) is 3.79. The average Bonchev–Trinajstić information content (AvgIpc) is 3.08. The van der Waals surface area contributed by atoms with Gasteiger partial charge in [-0.2, -0.15) is 4.52 Å². The van der Waals surface area contributed by atoms with Gasteiger partial charge in [-0.15, -0.1) is 25.5 Å². The van der Waals surface area contributed by atoms with Gasteiger partial charge in [0.25, 0.3) is 0 Å². The first kappa shape index (κ1) is 12.5. The minimum atomic E-state index is 0.442. The number of hydrogen-bond acceptors (Lipinski definition) is 8. The zero-order valence-corrected chi connectivity index (χ0v) is 12.5. The first-order valence-electron chi connectivity index (χ1n) is 6.65. The van der Waals surface area contributed by atoms with Gasteiger partial charge in [-0.3, -0.25) is 0 Å². The van der Waals surface area contributed by atoms with Crippen molar-refractivity contribution >= 4 is 27.9 Å². The van der Waals surface area contributed by atoms with Crippen molar-refractivity contribution in [1.82, 2.24) is 30.0 Å². The molecular weight excluding hydrogens is 288 g/mol. The van der Waals surface area contributed by atoms with Crippen LogP contribution in [0.25, 0.3) is 5.65 Å². The van der Waals surface area contributed by atoms with Gasteiger partial charge in [0.1, 0.15) is 11.3 Å². The molecule has 0 saturated carbocycles. The van der Waals surface area contributed by atoms with E-state index in [2.05, 4.69) is 42.3 Å². The Morgan fingerprint density at radius 1 is 1.24 bits per heavy atom. The molecule has 1 fully saturated rings. The molecule has 0 N–H and O–H groups in total. The molecule has 3 aromatic rings. The Morgan fingerprint density at radius 2 is 2.10 bits per heavy atom. The van der Waals surface area contributed by atoms with E-state index in [1.54, 1.807) is 21.4 Å². The van der Waals surface area contributed by atoms with Crippen LogP contribution in [0.5, 0.6) is 0 Å². The Kier molecular flexibility index (Phi) is 2.74. The highest BCUT2D eigenvalue weighted by Crippen LogP contribution is 2.25. The predicted octanol–water partition coefficient (Wildman–Crippen LogP) is 0.609. The zero-order chi connectivity index (χ0) is 14.4. The molecule has 0 atom stereocenters. The van der Waals surface area contributed by atoms with E-state index in [9.17, 15) is 0 Å². The number of aryl methyl sites for hydroxylation is 1. The molecule has 1 aliphatic rings. The Morgan fingerprint density at radius 3 is 2.86 bits per heavy atom. The van der Waals surface area contributed by atoms with Gasteiger partial charge in [-0.25, -0.2) is 0 Å². The molecule has 108 valence electrons. The molecule has 4 heterocycles. The summed E-state index contributed by atoms with van der Waals surface area (Å²) in [5.41, 5.74) is 2.53. The van der Waals surface area contributed by atoms with Crippen molar-refractivity contribution in [2.24, 2.45) is 0 Å². The number of nitrogens with zero attached hydrogens (tertiary/aromatic N) is 8. The maximum Gasteiger partial charge on any atom is 0.208 e. The second-order valence-electron chi connectivity index (χ2n) is 5.10. The van der Waals surface area contributed by atoms with Gasteiger partial charge in [-0.05, 0) is 19.1 Å². The molecule has 0 unspecified atom stereocenters. The normalized spacial score (nSPS) is 15.4. The molecular formula is C12H14N8S. The van der Waals surface area contributed by atoms with Crippen LogP contribution in [0.15, 0.2) is 17.6 Å². The maximum absolute atomic E-state index is 4.59. The van der Waals surface area contributed by atoms with E-state index in [0.29, 0.717) is 6.04 Å². The van der Waals surface area contributed by atoms with Gasteiger partial charge in [0.05, 0.1) is 6.04 Å². The lowest BCUT2D eigenvalue weighted by molar-refractivity contribution is 0.488. The van der Waals surface area contributed by atoms with Crippen molar-refractivity contribution in [3.8, 4) is 0 Å². The molecule has 0 amide bonds. The molecule has 8 nitrogen and oxygen atoms in total. The highest BCUT2D eigenvalue weighted by atomic mass is 32.1. The summed E-state index contributed by atoms with van der Waals surface area (Å²) in [7, 11) is 2.06. The lowest BCUT2D eigenvalue weighted by atomic mass is 10.1. The fraction of sp³-hybridized carbons (Fsp3) is 0.417. The summed E-state index contributed by atoms with van der Waals surface area (Å²) in [5, 5.41) is 21.6. The van der Waals surface area contributed by atoms with Gasteiger partial charge < -0.3 is 9.80 Å². The van der Waals surface area contributed by atoms with Crippen LogP contribution in [-0.4, -0.2) is 56.2 Å². The largest absolute Gasteiger partial charge is 0.351 e. The highest BCUT2D eigenvalue weighted by molar-refractivity contribution is 7.13. The first-order chi connectivity index (χ1) is 10.2. The summed E-state index contributed by atoms with van der Waals surface area (Å²) in [6.45, 7) is 3.75. The maximum atomic E-state index is 4.59. The number of hydrogen-bond donors (Lipinski definition) is 0. The van der Waals surface area contributed by atoms with E-state index < -0.39 is 0 Å². The zero-order valence-electron chi connectivity index (χ0n) is 11.7. The summed E-state index contributed by atoms with van der Waals surface area (Å²) in [5.74, 6) is 1.75. The molecule has 9 heteroatoms. The van der Waals surface area contributed by atoms with E-state index >= 15 is 0 Å². The summed E-state index contributed by atoms with van der Waals surface area (Å²) >= 11 is 1.56. The molecule has 0 bridgehead atoms. The van der Waals surface area contributed by atoms with Crippen LogP contribution >= 0.6 is 11.3 Å². The quantitative estimate of drug-likeness (QED) is 0.701. The van der Waals surface area contributed by atoms with Crippen molar-refractivity contribution < 1.29 is 0 Å². The Labute approximate surface area is 125 Å². The molecule has 1 aliphatic heterocycles. The van der Waals surface area contributed by atoms with Crippen molar-refractivity contribution in [2.75, 3.05) is 29.9 Å². The van der Waals surface area contributed by atoms with Gasteiger partial charge in [0.2, 0.25) is 5.13 Å². The highest BCUT2D eigenvalue weighted by Gasteiger charge is 2.32. The minimum Gasteiger partial charge on any atom is -0.351 e. The molecule has 0 radical (unpaired) electrons. The molecule has 4 rings (SSSR count). The van der Waals surface area contributed by atoms with Gasteiger partial charge in [0, 0.05) is 20.1 Å². The second-order valence-corrected chi connectivity index (χ2v) is 5.91. The minimum absolute atomic E-state index is 0.442. The Bertz CT molecular complexity index is 761.